The Bertz CT molecular complexity index is 1210. The molecule has 0 N–H and O–H groups in total. The van der Waals surface area contributed by atoms with Crippen LogP contribution in [0.3, 0.4) is 0 Å². The van der Waals surface area contributed by atoms with Crippen molar-refractivity contribution >= 4 is 22.6 Å². The minimum Gasteiger partial charge on any atom is -0.265 e. The summed E-state index contributed by atoms with van der Waals surface area (Å²) < 4.78 is 3.74. The van der Waals surface area contributed by atoms with Crippen molar-refractivity contribution in [1.29, 1.82) is 5.26 Å². The van der Waals surface area contributed by atoms with Gasteiger partial charge in [0.2, 0.25) is 0 Å². The summed E-state index contributed by atoms with van der Waals surface area (Å²) in [7, 11) is 1.88. The van der Waals surface area contributed by atoms with Crippen molar-refractivity contribution in [3.63, 3.8) is 0 Å². The van der Waals surface area contributed by atoms with E-state index in [9.17, 15) is 0 Å². The fourth-order valence-electron chi connectivity index (χ4n) is 3.39. The van der Waals surface area contributed by atoms with Gasteiger partial charge in [-0.15, -0.1) is 5.10 Å². The van der Waals surface area contributed by atoms with Gasteiger partial charge >= 0.3 is 0 Å². The van der Waals surface area contributed by atoms with Crippen molar-refractivity contribution in [3.8, 4) is 17.2 Å². The van der Waals surface area contributed by atoms with Crippen LogP contribution in [0.15, 0.2) is 36.4 Å². The smallest absolute Gasteiger partial charge is 0.113 e. The Morgan fingerprint density at radius 1 is 1.15 bits per heavy atom. The highest BCUT2D eigenvalue weighted by Crippen LogP contribution is 2.30. The molecule has 27 heavy (non-hydrogen) atoms. The second kappa shape index (κ2) is 6.53. The standard InChI is InChI=1S/C20H17ClN6/c1-12-20(15-5-6-16(10-22)17(21)9-15)13(2)27(24-12)11-14-4-7-19-18(8-14)23-25-26(19)3/h4-9H,11H2,1-3H3. The van der Waals surface area contributed by atoms with Gasteiger partial charge in [-0.3, -0.25) is 4.68 Å². The Labute approximate surface area is 161 Å². The van der Waals surface area contributed by atoms with Crippen molar-refractivity contribution in [1.82, 2.24) is 24.8 Å². The number of aryl methyl sites for hydroxylation is 2. The molecule has 2 aromatic heterocycles. The van der Waals surface area contributed by atoms with E-state index in [4.69, 9.17) is 22.0 Å². The molecule has 0 unspecified atom stereocenters. The van der Waals surface area contributed by atoms with Gasteiger partial charge < -0.3 is 0 Å². The SMILES string of the molecule is Cc1nn(Cc2ccc3c(c2)nnn3C)c(C)c1-c1ccc(C#N)c(Cl)c1. The molecular formula is C20H17ClN6. The Balaban J connectivity index is 1.71. The van der Waals surface area contributed by atoms with E-state index in [1.54, 1.807) is 10.7 Å². The topological polar surface area (TPSA) is 72.3 Å². The van der Waals surface area contributed by atoms with Gasteiger partial charge in [0.1, 0.15) is 11.6 Å². The maximum absolute atomic E-state index is 9.07. The second-order valence-electron chi connectivity index (χ2n) is 6.55. The molecular weight excluding hydrogens is 360 g/mol. The van der Waals surface area contributed by atoms with Crippen LogP contribution in [0, 0.1) is 25.2 Å². The van der Waals surface area contributed by atoms with Crippen molar-refractivity contribution in [2.45, 2.75) is 20.4 Å². The van der Waals surface area contributed by atoms with Gasteiger partial charge in [0.05, 0.1) is 28.3 Å². The summed E-state index contributed by atoms with van der Waals surface area (Å²) in [4.78, 5) is 0. The first kappa shape index (κ1) is 17.3. The van der Waals surface area contributed by atoms with Crippen LogP contribution >= 0.6 is 11.6 Å². The first-order valence-corrected chi connectivity index (χ1v) is 8.88. The summed E-state index contributed by atoms with van der Waals surface area (Å²) in [5.41, 5.74) is 7.43. The van der Waals surface area contributed by atoms with E-state index in [0.29, 0.717) is 17.1 Å². The molecule has 0 aliphatic heterocycles. The molecule has 4 rings (SSSR count). The number of benzene rings is 2. The average molecular weight is 377 g/mol. The van der Waals surface area contributed by atoms with Gasteiger partial charge in [-0.1, -0.05) is 28.9 Å². The van der Waals surface area contributed by atoms with E-state index >= 15 is 0 Å². The van der Waals surface area contributed by atoms with Crippen LogP contribution < -0.4 is 0 Å². The van der Waals surface area contributed by atoms with Gasteiger partial charge in [-0.25, -0.2) is 4.68 Å². The number of aromatic nitrogens is 5. The molecule has 2 heterocycles. The molecule has 0 aliphatic carbocycles. The molecule has 0 amide bonds. The third kappa shape index (κ3) is 2.96. The molecule has 0 saturated carbocycles. The summed E-state index contributed by atoms with van der Waals surface area (Å²) in [5, 5.41) is 22.5. The highest BCUT2D eigenvalue weighted by Gasteiger charge is 2.15. The molecule has 7 heteroatoms. The quantitative estimate of drug-likeness (QED) is 0.541. The molecule has 0 spiro atoms. The van der Waals surface area contributed by atoms with Crippen LogP contribution in [0.5, 0.6) is 0 Å². The Hall–Kier alpha value is -3.17. The van der Waals surface area contributed by atoms with Gasteiger partial charge in [0.25, 0.3) is 0 Å². The molecule has 0 bridgehead atoms. The Morgan fingerprint density at radius 2 is 1.96 bits per heavy atom. The monoisotopic (exact) mass is 376 g/mol. The number of halogens is 1. The zero-order valence-corrected chi connectivity index (χ0v) is 16.0. The van der Waals surface area contributed by atoms with E-state index in [1.807, 2.05) is 49.8 Å². The Morgan fingerprint density at radius 3 is 2.70 bits per heavy atom. The molecule has 0 radical (unpaired) electrons. The maximum Gasteiger partial charge on any atom is 0.113 e. The summed E-state index contributed by atoms with van der Waals surface area (Å²) in [6.07, 6.45) is 0. The summed E-state index contributed by atoms with van der Waals surface area (Å²) in [6, 6.07) is 13.7. The molecule has 2 aromatic carbocycles. The van der Waals surface area contributed by atoms with Crippen molar-refractivity contribution in [2.24, 2.45) is 7.05 Å². The van der Waals surface area contributed by atoms with E-state index < -0.39 is 0 Å². The first-order chi connectivity index (χ1) is 13.0. The van der Waals surface area contributed by atoms with Crippen molar-refractivity contribution < 1.29 is 0 Å². The number of nitriles is 1. The number of hydrogen-bond acceptors (Lipinski definition) is 4. The van der Waals surface area contributed by atoms with E-state index in [2.05, 4.69) is 22.4 Å². The van der Waals surface area contributed by atoms with Crippen LogP contribution in [0.2, 0.25) is 5.02 Å². The fourth-order valence-corrected chi connectivity index (χ4v) is 3.61. The lowest BCUT2D eigenvalue weighted by molar-refractivity contribution is 0.659. The summed E-state index contributed by atoms with van der Waals surface area (Å²) >= 11 is 6.21. The fraction of sp³-hybridized carbons (Fsp3) is 0.200. The Kier molecular flexibility index (Phi) is 4.17. The molecule has 0 atom stereocenters. The zero-order chi connectivity index (χ0) is 19.1. The second-order valence-corrected chi connectivity index (χ2v) is 6.95. The normalized spacial score (nSPS) is 11.1. The predicted octanol–water partition coefficient (Wildman–Crippen LogP) is 4.02. The summed E-state index contributed by atoms with van der Waals surface area (Å²) in [5.74, 6) is 0. The van der Waals surface area contributed by atoms with Gasteiger partial charge in [-0.2, -0.15) is 10.4 Å². The van der Waals surface area contributed by atoms with Crippen LogP contribution in [-0.4, -0.2) is 24.8 Å². The number of fused-ring (bicyclic) bond motifs is 1. The minimum atomic E-state index is 0.453. The zero-order valence-electron chi connectivity index (χ0n) is 15.2. The average Bonchev–Trinajstić information content (AvgIpc) is 3.14. The van der Waals surface area contributed by atoms with Crippen LogP contribution in [0.1, 0.15) is 22.5 Å². The van der Waals surface area contributed by atoms with E-state index in [-0.39, 0.29) is 0 Å². The molecule has 0 aliphatic rings. The number of hydrogen-bond donors (Lipinski definition) is 0. The van der Waals surface area contributed by atoms with Gasteiger partial charge in [0.15, 0.2) is 0 Å². The molecule has 0 fully saturated rings. The van der Waals surface area contributed by atoms with Crippen molar-refractivity contribution in [2.75, 3.05) is 0 Å². The third-order valence-corrected chi connectivity index (χ3v) is 5.08. The third-order valence-electron chi connectivity index (χ3n) is 4.77. The highest BCUT2D eigenvalue weighted by molar-refractivity contribution is 6.32. The van der Waals surface area contributed by atoms with Gasteiger partial charge in [0, 0.05) is 18.3 Å². The largest absolute Gasteiger partial charge is 0.265 e. The minimum absolute atomic E-state index is 0.453. The lowest BCUT2D eigenvalue weighted by Gasteiger charge is -2.07. The molecule has 4 aromatic rings. The van der Waals surface area contributed by atoms with Crippen molar-refractivity contribution in [3.05, 3.63) is 63.9 Å². The maximum atomic E-state index is 9.07. The van der Waals surface area contributed by atoms with Gasteiger partial charge in [-0.05, 0) is 49.2 Å². The molecule has 6 nitrogen and oxygen atoms in total. The van der Waals surface area contributed by atoms with E-state index in [0.717, 1.165) is 39.1 Å². The highest BCUT2D eigenvalue weighted by atomic mass is 35.5. The lowest BCUT2D eigenvalue weighted by Crippen LogP contribution is -2.04. The summed E-state index contributed by atoms with van der Waals surface area (Å²) in [6.45, 7) is 4.67. The predicted molar refractivity (Wildman–Crippen MR) is 104 cm³/mol. The van der Waals surface area contributed by atoms with Crippen LogP contribution in [0.25, 0.3) is 22.2 Å². The van der Waals surface area contributed by atoms with Crippen LogP contribution in [0.4, 0.5) is 0 Å². The van der Waals surface area contributed by atoms with Crippen LogP contribution in [-0.2, 0) is 13.6 Å². The number of nitrogens with zero attached hydrogens (tertiary/aromatic N) is 6. The first-order valence-electron chi connectivity index (χ1n) is 8.50. The molecule has 0 saturated heterocycles. The number of rotatable bonds is 3. The van der Waals surface area contributed by atoms with E-state index in [1.165, 1.54) is 0 Å². The lowest BCUT2D eigenvalue weighted by atomic mass is 10.0. The molecule has 134 valence electrons.